The quantitative estimate of drug-likeness (QED) is 0.892. The van der Waals surface area contributed by atoms with E-state index in [1.54, 1.807) is 12.1 Å². The molecule has 0 saturated carbocycles. The molecule has 0 bridgehead atoms. The highest BCUT2D eigenvalue weighted by atomic mass is 32.2. The zero-order chi connectivity index (χ0) is 14.2. The van der Waals surface area contributed by atoms with E-state index in [0.717, 1.165) is 5.69 Å². The molecule has 1 unspecified atom stereocenters. The van der Waals surface area contributed by atoms with E-state index in [4.69, 9.17) is 0 Å². The van der Waals surface area contributed by atoms with Crippen LogP contribution >= 0.6 is 0 Å². The standard InChI is InChI=1S/C15H16N2O2S/c1-20(18,19)14-9-5-8-12-15(14)16-10-13(17-12)11-6-3-2-4-7-11/h2-9,13,16-17H,10H2,1H3. The van der Waals surface area contributed by atoms with Crippen molar-refractivity contribution >= 4 is 21.2 Å². The Balaban J connectivity index is 1.98. The van der Waals surface area contributed by atoms with Crippen LogP contribution in [0.2, 0.25) is 0 Å². The van der Waals surface area contributed by atoms with Crippen LogP contribution in [0.5, 0.6) is 0 Å². The molecule has 1 heterocycles. The average Bonchev–Trinajstić information content (AvgIpc) is 2.46. The molecule has 1 aliphatic heterocycles. The minimum atomic E-state index is -3.23. The number of para-hydroxylation sites is 1. The number of hydrogen-bond donors (Lipinski definition) is 2. The summed E-state index contributed by atoms with van der Waals surface area (Å²) in [6, 6.07) is 15.5. The van der Waals surface area contributed by atoms with Crippen LogP contribution in [0.25, 0.3) is 0 Å². The van der Waals surface area contributed by atoms with Gasteiger partial charge in [-0.3, -0.25) is 0 Å². The van der Waals surface area contributed by atoms with Crippen molar-refractivity contribution in [3.63, 3.8) is 0 Å². The third-order valence-electron chi connectivity index (χ3n) is 3.44. The van der Waals surface area contributed by atoms with Crippen molar-refractivity contribution in [2.75, 3.05) is 23.4 Å². The maximum atomic E-state index is 11.8. The summed E-state index contributed by atoms with van der Waals surface area (Å²) in [5.74, 6) is 0. The maximum absolute atomic E-state index is 11.8. The molecule has 0 aliphatic carbocycles. The van der Waals surface area contributed by atoms with Crippen LogP contribution in [0.15, 0.2) is 53.4 Å². The predicted molar refractivity (Wildman–Crippen MR) is 80.8 cm³/mol. The molecule has 0 fully saturated rings. The smallest absolute Gasteiger partial charge is 0.177 e. The van der Waals surface area contributed by atoms with Gasteiger partial charge < -0.3 is 10.6 Å². The number of benzene rings is 2. The van der Waals surface area contributed by atoms with Gasteiger partial charge in [0.15, 0.2) is 9.84 Å². The SMILES string of the molecule is CS(=O)(=O)c1cccc2c1NCC(c1ccccc1)N2. The van der Waals surface area contributed by atoms with Crippen LogP contribution in [-0.4, -0.2) is 21.2 Å². The molecule has 2 aromatic carbocycles. The summed E-state index contributed by atoms with van der Waals surface area (Å²) in [5, 5.41) is 6.64. The molecule has 5 heteroatoms. The summed E-state index contributed by atoms with van der Waals surface area (Å²) in [5.41, 5.74) is 2.67. The second-order valence-corrected chi connectivity index (χ2v) is 6.92. The number of rotatable bonds is 2. The molecule has 0 spiro atoms. The Morgan fingerprint density at radius 2 is 1.80 bits per heavy atom. The third kappa shape index (κ3) is 2.36. The molecule has 2 N–H and O–H groups in total. The van der Waals surface area contributed by atoms with Gasteiger partial charge in [0, 0.05) is 12.8 Å². The Hall–Kier alpha value is -2.01. The van der Waals surface area contributed by atoms with Gasteiger partial charge in [0.1, 0.15) is 0 Å². The average molecular weight is 288 g/mol. The van der Waals surface area contributed by atoms with Crippen molar-refractivity contribution in [2.45, 2.75) is 10.9 Å². The lowest BCUT2D eigenvalue weighted by Crippen LogP contribution is -2.26. The van der Waals surface area contributed by atoms with E-state index in [2.05, 4.69) is 22.8 Å². The molecule has 0 radical (unpaired) electrons. The highest BCUT2D eigenvalue weighted by Crippen LogP contribution is 2.36. The maximum Gasteiger partial charge on any atom is 0.177 e. The Bertz CT molecular complexity index is 727. The van der Waals surface area contributed by atoms with E-state index in [-0.39, 0.29) is 6.04 Å². The molecule has 0 saturated heterocycles. The first-order valence-corrected chi connectivity index (χ1v) is 8.33. The van der Waals surface area contributed by atoms with Gasteiger partial charge in [0.2, 0.25) is 0 Å². The molecule has 1 aliphatic rings. The summed E-state index contributed by atoms with van der Waals surface area (Å²) in [6.45, 7) is 0.656. The second kappa shape index (κ2) is 4.83. The van der Waals surface area contributed by atoms with Gasteiger partial charge in [-0.2, -0.15) is 0 Å². The zero-order valence-corrected chi connectivity index (χ0v) is 11.9. The van der Waals surface area contributed by atoms with Crippen molar-refractivity contribution in [2.24, 2.45) is 0 Å². The fraction of sp³-hybridized carbons (Fsp3) is 0.200. The van der Waals surface area contributed by atoms with Gasteiger partial charge >= 0.3 is 0 Å². The van der Waals surface area contributed by atoms with E-state index in [1.807, 2.05) is 24.3 Å². The van der Waals surface area contributed by atoms with E-state index < -0.39 is 9.84 Å². The fourth-order valence-electron chi connectivity index (χ4n) is 2.47. The van der Waals surface area contributed by atoms with Crippen LogP contribution in [0.1, 0.15) is 11.6 Å². The van der Waals surface area contributed by atoms with E-state index in [1.165, 1.54) is 11.8 Å². The molecule has 20 heavy (non-hydrogen) atoms. The Morgan fingerprint density at radius 3 is 2.50 bits per heavy atom. The molecule has 0 aromatic heterocycles. The normalized spacial score (nSPS) is 17.8. The summed E-state index contributed by atoms with van der Waals surface area (Å²) in [6.07, 6.45) is 1.23. The summed E-state index contributed by atoms with van der Waals surface area (Å²) >= 11 is 0. The van der Waals surface area contributed by atoms with Crippen LogP contribution in [0.3, 0.4) is 0 Å². The molecule has 104 valence electrons. The Kier molecular flexibility index (Phi) is 3.14. The van der Waals surface area contributed by atoms with Gasteiger partial charge in [-0.05, 0) is 17.7 Å². The van der Waals surface area contributed by atoms with Crippen molar-refractivity contribution < 1.29 is 8.42 Å². The first kappa shape index (κ1) is 13.0. The first-order chi connectivity index (χ1) is 9.55. The monoisotopic (exact) mass is 288 g/mol. The molecule has 4 nitrogen and oxygen atoms in total. The highest BCUT2D eigenvalue weighted by Gasteiger charge is 2.23. The van der Waals surface area contributed by atoms with Crippen LogP contribution in [0, 0.1) is 0 Å². The van der Waals surface area contributed by atoms with Crippen molar-refractivity contribution in [1.82, 2.24) is 0 Å². The number of fused-ring (bicyclic) bond motifs is 1. The minimum Gasteiger partial charge on any atom is -0.380 e. The molecule has 3 rings (SSSR count). The van der Waals surface area contributed by atoms with E-state index >= 15 is 0 Å². The van der Waals surface area contributed by atoms with Crippen molar-refractivity contribution in [1.29, 1.82) is 0 Å². The van der Waals surface area contributed by atoms with Gasteiger partial charge in [0.25, 0.3) is 0 Å². The molecule has 1 atom stereocenters. The molecular formula is C15H16N2O2S. The minimum absolute atomic E-state index is 0.138. The lowest BCUT2D eigenvalue weighted by atomic mass is 10.0. The van der Waals surface area contributed by atoms with Crippen molar-refractivity contribution in [3.8, 4) is 0 Å². The third-order valence-corrected chi connectivity index (χ3v) is 4.58. The Morgan fingerprint density at radius 1 is 1.05 bits per heavy atom. The lowest BCUT2D eigenvalue weighted by molar-refractivity contribution is 0.602. The van der Waals surface area contributed by atoms with Crippen LogP contribution in [-0.2, 0) is 9.84 Å². The summed E-state index contributed by atoms with van der Waals surface area (Å²) in [4.78, 5) is 0.342. The van der Waals surface area contributed by atoms with E-state index in [9.17, 15) is 8.42 Å². The molecule has 0 amide bonds. The Labute approximate surface area is 118 Å². The van der Waals surface area contributed by atoms with Gasteiger partial charge in [-0.1, -0.05) is 36.4 Å². The topological polar surface area (TPSA) is 58.2 Å². The fourth-order valence-corrected chi connectivity index (χ4v) is 3.35. The number of sulfone groups is 1. The van der Waals surface area contributed by atoms with E-state index in [0.29, 0.717) is 17.1 Å². The second-order valence-electron chi connectivity index (χ2n) is 4.94. The molecular weight excluding hydrogens is 272 g/mol. The number of hydrogen-bond acceptors (Lipinski definition) is 4. The van der Waals surface area contributed by atoms with Crippen LogP contribution in [0.4, 0.5) is 11.4 Å². The predicted octanol–water partition coefficient (Wildman–Crippen LogP) is 2.67. The van der Waals surface area contributed by atoms with Gasteiger partial charge in [-0.25, -0.2) is 8.42 Å². The van der Waals surface area contributed by atoms with Crippen LogP contribution < -0.4 is 10.6 Å². The van der Waals surface area contributed by atoms with Gasteiger partial charge in [-0.15, -0.1) is 0 Å². The zero-order valence-electron chi connectivity index (χ0n) is 11.1. The lowest BCUT2D eigenvalue weighted by Gasteiger charge is -2.29. The summed E-state index contributed by atoms with van der Waals surface area (Å²) in [7, 11) is -3.23. The number of nitrogens with one attached hydrogen (secondary N) is 2. The highest BCUT2D eigenvalue weighted by molar-refractivity contribution is 7.90. The largest absolute Gasteiger partial charge is 0.380 e. The molecule has 2 aromatic rings. The first-order valence-electron chi connectivity index (χ1n) is 6.44. The van der Waals surface area contributed by atoms with Crippen molar-refractivity contribution in [3.05, 3.63) is 54.1 Å². The summed E-state index contributed by atoms with van der Waals surface area (Å²) < 4.78 is 23.6. The van der Waals surface area contributed by atoms with Gasteiger partial charge in [0.05, 0.1) is 22.3 Å². The number of anilines is 2.